The van der Waals surface area contributed by atoms with Gasteiger partial charge in [0.1, 0.15) is 6.10 Å². The molecular formula is C40H66O4. The topological polar surface area (TPSA) is 55.8 Å². The van der Waals surface area contributed by atoms with E-state index in [4.69, 9.17) is 9.47 Å². The zero-order valence-corrected chi connectivity index (χ0v) is 28.4. The van der Waals surface area contributed by atoms with Gasteiger partial charge in [-0.2, -0.15) is 0 Å². The molecule has 44 heavy (non-hydrogen) atoms. The van der Waals surface area contributed by atoms with Crippen LogP contribution in [0.4, 0.5) is 0 Å². The Morgan fingerprint density at radius 1 is 0.568 bits per heavy atom. The largest absolute Gasteiger partial charge is 0.457 e. The summed E-state index contributed by atoms with van der Waals surface area (Å²) < 4.78 is 11.0. The van der Waals surface area contributed by atoms with Gasteiger partial charge in [0, 0.05) is 13.0 Å². The lowest BCUT2D eigenvalue weighted by molar-refractivity contribution is -0.154. The summed E-state index contributed by atoms with van der Waals surface area (Å²) in [5, 5.41) is 9.53. The lowest BCUT2D eigenvalue weighted by atomic mass is 10.1. The van der Waals surface area contributed by atoms with E-state index in [9.17, 15) is 9.90 Å². The van der Waals surface area contributed by atoms with Gasteiger partial charge in [0.25, 0.3) is 0 Å². The highest BCUT2D eigenvalue weighted by molar-refractivity contribution is 5.69. The summed E-state index contributed by atoms with van der Waals surface area (Å²) in [5.74, 6) is -0.236. The third-order valence-corrected chi connectivity index (χ3v) is 6.95. The summed E-state index contributed by atoms with van der Waals surface area (Å²) in [5.41, 5.74) is 0. The van der Waals surface area contributed by atoms with E-state index in [-0.39, 0.29) is 19.2 Å². The fourth-order valence-electron chi connectivity index (χ4n) is 4.34. The lowest BCUT2D eigenvalue weighted by Crippen LogP contribution is -2.27. The molecule has 1 N–H and O–H groups in total. The number of aliphatic hydroxyl groups excluding tert-OH is 1. The maximum absolute atomic E-state index is 12.1. The first kappa shape index (κ1) is 41.6. The van der Waals surface area contributed by atoms with Crippen molar-refractivity contribution in [2.75, 3.05) is 19.8 Å². The van der Waals surface area contributed by atoms with E-state index < -0.39 is 6.10 Å². The second kappa shape index (κ2) is 36.8. The molecule has 0 bridgehead atoms. The summed E-state index contributed by atoms with van der Waals surface area (Å²) in [6.45, 7) is 5.03. The molecule has 1 unspecified atom stereocenters. The fraction of sp³-hybridized carbons (Fsp3) is 0.625. The molecule has 0 aromatic rings. The van der Waals surface area contributed by atoms with Crippen molar-refractivity contribution < 1.29 is 19.4 Å². The minimum Gasteiger partial charge on any atom is -0.457 e. The highest BCUT2D eigenvalue weighted by Crippen LogP contribution is 2.10. The van der Waals surface area contributed by atoms with Crippen LogP contribution in [0.15, 0.2) is 85.1 Å². The monoisotopic (exact) mass is 610 g/mol. The molecule has 0 aromatic carbocycles. The van der Waals surface area contributed by atoms with E-state index in [0.29, 0.717) is 13.0 Å². The molecule has 4 nitrogen and oxygen atoms in total. The van der Waals surface area contributed by atoms with Crippen LogP contribution in [0.1, 0.15) is 136 Å². The van der Waals surface area contributed by atoms with Crippen molar-refractivity contribution in [2.24, 2.45) is 0 Å². The maximum Gasteiger partial charge on any atom is 0.306 e. The van der Waals surface area contributed by atoms with Crippen LogP contribution in [0.25, 0.3) is 0 Å². The zero-order valence-electron chi connectivity index (χ0n) is 28.4. The number of hydrogen-bond donors (Lipinski definition) is 1. The first-order valence-electron chi connectivity index (χ1n) is 17.7. The Hall–Kier alpha value is -2.43. The van der Waals surface area contributed by atoms with Crippen LogP contribution in [-0.2, 0) is 14.3 Å². The van der Waals surface area contributed by atoms with Crippen molar-refractivity contribution in [3.05, 3.63) is 85.1 Å². The van der Waals surface area contributed by atoms with E-state index in [0.717, 1.165) is 77.0 Å². The van der Waals surface area contributed by atoms with Crippen molar-refractivity contribution in [3.8, 4) is 0 Å². The van der Waals surface area contributed by atoms with Gasteiger partial charge < -0.3 is 14.6 Å². The molecule has 250 valence electrons. The molecule has 0 fully saturated rings. The van der Waals surface area contributed by atoms with Crippen molar-refractivity contribution in [2.45, 2.75) is 142 Å². The van der Waals surface area contributed by atoms with E-state index in [1.54, 1.807) is 0 Å². The molecule has 0 aliphatic carbocycles. The Morgan fingerprint density at radius 2 is 1.02 bits per heavy atom. The SMILES string of the molecule is CC/C=C\C/C=C\C/C=C\C/C=C\C/C=C\C/C=C\CCCOCC(CO)OC(=O)CCCCCCC/C=C\CCCCC. The summed E-state index contributed by atoms with van der Waals surface area (Å²) in [4.78, 5) is 12.1. The first-order valence-corrected chi connectivity index (χ1v) is 17.7. The average molecular weight is 611 g/mol. The van der Waals surface area contributed by atoms with E-state index in [2.05, 4.69) is 98.9 Å². The minimum atomic E-state index is -0.572. The van der Waals surface area contributed by atoms with Crippen molar-refractivity contribution in [1.29, 1.82) is 0 Å². The Balaban J connectivity index is 3.64. The second-order valence-corrected chi connectivity index (χ2v) is 11.2. The van der Waals surface area contributed by atoms with Crippen LogP contribution < -0.4 is 0 Å². The Morgan fingerprint density at radius 3 is 1.57 bits per heavy atom. The molecule has 0 aromatic heterocycles. The molecule has 4 heteroatoms. The van der Waals surface area contributed by atoms with Crippen LogP contribution in [0.3, 0.4) is 0 Å². The Labute approximate surface area is 271 Å². The van der Waals surface area contributed by atoms with Crippen molar-refractivity contribution in [3.63, 3.8) is 0 Å². The molecular weight excluding hydrogens is 544 g/mol. The fourth-order valence-corrected chi connectivity index (χ4v) is 4.34. The van der Waals surface area contributed by atoms with Crippen molar-refractivity contribution in [1.82, 2.24) is 0 Å². The number of carbonyl (C=O) groups is 1. The maximum atomic E-state index is 12.1. The summed E-state index contributed by atoms with van der Waals surface area (Å²) in [7, 11) is 0. The quantitative estimate of drug-likeness (QED) is 0.0482. The van der Waals surface area contributed by atoms with Gasteiger partial charge in [-0.3, -0.25) is 4.79 Å². The highest BCUT2D eigenvalue weighted by Gasteiger charge is 2.13. The van der Waals surface area contributed by atoms with Crippen LogP contribution in [0, 0.1) is 0 Å². The molecule has 0 radical (unpaired) electrons. The Kier molecular flexibility index (Phi) is 34.7. The molecule has 0 saturated heterocycles. The number of hydrogen-bond acceptors (Lipinski definition) is 4. The molecule has 0 aliphatic heterocycles. The second-order valence-electron chi connectivity index (χ2n) is 11.2. The lowest BCUT2D eigenvalue weighted by Gasteiger charge is -2.15. The standard InChI is InChI=1S/C40H66O4/c1-3-5-7-9-11-13-15-17-18-19-20-21-22-23-24-26-28-30-32-34-36-43-38-39(37-41)44-40(42)35-33-31-29-27-25-16-14-12-10-8-6-4-2/h5,7,11-14,17-18,20-21,23-24,28,30,39,41H,3-4,6,8-10,15-16,19,22,25-27,29,31-38H2,1-2H3/b7-5-,13-11-,14-12-,18-17-,21-20-,24-23-,30-28-. The van der Waals surface area contributed by atoms with E-state index >= 15 is 0 Å². The number of aliphatic hydroxyl groups is 1. The molecule has 0 aliphatic rings. The Bertz CT molecular complexity index is 815. The molecule has 0 spiro atoms. The highest BCUT2D eigenvalue weighted by atomic mass is 16.6. The molecule has 1 atom stereocenters. The van der Waals surface area contributed by atoms with Gasteiger partial charge in [-0.25, -0.2) is 0 Å². The van der Waals surface area contributed by atoms with Gasteiger partial charge in [-0.05, 0) is 83.5 Å². The van der Waals surface area contributed by atoms with Gasteiger partial charge >= 0.3 is 5.97 Å². The molecule has 0 saturated carbocycles. The molecule has 0 rings (SSSR count). The summed E-state index contributed by atoms with van der Waals surface area (Å²) in [6, 6.07) is 0. The van der Waals surface area contributed by atoms with Gasteiger partial charge in [-0.15, -0.1) is 0 Å². The van der Waals surface area contributed by atoms with Gasteiger partial charge in [0.2, 0.25) is 0 Å². The number of unbranched alkanes of at least 4 members (excludes halogenated alkanes) is 9. The summed E-state index contributed by atoms with van der Waals surface area (Å²) in [6.07, 6.45) is 50.6. The average Bonchev–Trinajstić information content (AvgIpc) is 3.03. The number of allylic oxidation sites excluding steroid dienone is 14. The van der Waals surface area contributed by atoms with E-state index in [1.165, 1.54) is 38.5 Å². The van der Waals surface area contributed by atoms with Gasteiger partial charge in [0.15, 0.2) is 0 Å². The predicted molar refractivity (Wildman–Crippen MR) is 191 cm³/mol. The number of esters is 1. The van der Waals surface area contributed by atoms with Gasteiger partial charge in [-0.1, -0.05) is 131 Å². The number of ether oxygens (including phenoxy) is 2. The van der Waals surface area contributed by atoms with Crippen molar-refractivity contribution >= 4 is 5.97 Å². The normalized spacial score (nSPS) is 13.4. The molecule has 0 heterocycles. The number of rotatable bonds is 31. The van der Waals surface area contributed by atoms with Crippen LogP contribution in [-0.4, -0.2) is 37.0 Å². The number of carbonyl (C=O) groups excluding carboxylic acids is 1. The summed E-state index contributed by atoms with van der Waals surface area (Å²) >= 11 is 0. The zero-order chi connectivity index (χ0) is 32.0. The van der Waals surface area contributed by atoms with Crippen LogP contribution in [0.2, 0.25) is 0 Å². The molecule has 0 amide bonds. The minimum absolute atomic E-state index is 0.204. The van der Waals surface area contributed by atoms with Crippen LogP contribution >= 0.6 is 0 Å². The van der Waals surface area contributed by atoms with Gasteiger partial charge in [0.05, 0.1) is 13.2 Å². The van der Waals surface area contributed by atoms with E-state index in [1.807, 2.05) is 0 Å². The third-order valence-electron chi connectivity index (χ3n) is 6.95. The van der Waals surface area contributed by atoms with Crippen LogP contribution in [0.5, 0.6) is 0 Å². The first-order chi connectivity index (χ1) is 21.7. The predicted octanol–water partition coefficient (Wildman–Crippen LogP) is 11.3. The third kappa shape index (κ3) is 34.1. The smallest absolute Gasteiger partial charge is 0.306 e.